The van der Waals surface area contributed by atoms with Gasteiger partial charge in [0.05, 0.1) is 0 Å². The zero-order valence-corrected chi connectivity index (χ0v) is 14.5. The Kier molecular flexibility index (Phi) is 5.62. The van der Waals surface area contributed by atoms with Gasteiger partial charge in [0, 0.05) is 62.8 Å². The molecule has 2 heterocycles. The summed E-state index contributed by atoms with van der Waals surface area (Å²) < 4.78 is 0. The molecule has 3 rings (SSSR count). The number of hydrogen-bond donors (Lipinski definition) is 2. The molecule has 136 valence electrons. The highest BCUT2D eigenvalue weighted by Gasteiger charge is 2.22. The van der Waals surface area contributed by atoms with Crippen molar-refractivity contribution in [1.29, 1.82) is 0 Å². The maximum Gasteiger partial charge on any atom is 0.251 e. The van der Waals surface area contributed by atoms with Gasteiger partial charge in [-0.3, -0.25) is 9.59 Å². The van der Waals surface area contributed by atoms with Crippen LogP contribution in [0.15, 0.2) is 42.7 Å². The lowest BCUT2D eigenvalue weighted by molar-refractivity contribution is -0.131. The second-order valence-electron chi connectivity index (χ2n) is 6.05. The molecular formula is C18H22N6O2. The highest BCUT2D eigenvalue weighted by molar-refractivity contribution is 5.95. The van der Waals surface area contributed by atoms with E-state index in [0.717, 1.165) is 0 Å². The van der Waals surface area contributed by atoms with E-state index >= 15 is 0 Å². The molecule has 1 saturated heterocycles. The van der Waals surface area contributed by atoms with Gasteiger partial charge in [-0.2, -0.15) is 0 Å². The number of hydrogen-bond acceptors (Lipinski definition) is 6. The standard InChI is InChI=1S/C18H22N6O2/c19-15-4-1-3-14(13-15)17(26)20-8-5-16(25)23-9-11-24(12-10-23)18-21-6-2-7-22-18/h1-4,6-7,13H,5,8-12,19H2,(H,20,26). The molecule has 0 unspecified atom stereocenters. The molecule has 0 bridgehead atoms. The van der Waals surface area contributed by atoms with Crippen molar-refractivity contribution in [3.05, 3.63) is 48.3 Å². The van der Waals surface area contributed by atoms with Crippen LogP contribution in [0.4, 0.5) is 11.6 Å². The second-order valence-corrected chi connectivity index (χ2v) is 6.05. The van der Waals surface area contributed by atoms with Gasteiger partial charge in [0.25, 0.3) is 5.91 Å². The number of nitrogens with one attached hydrogen (secondary N) is 1. The van der Waals surface area contributed by atoms with Crippen LogP contribution in [0.5, 0.6) is 0 Å². The van der Waals surface area contributed by atoms with Crippen molar-refractivity contribution < 1.29 is 9.59 Å². The molecule has 1 aromatic carbocycles. The first-order valence-corrected chi connectivity index (χ1v) is 8.57. The minimum atomic E-state index is -0.226. The average molecular weight is 354 g/mol. The predicted octanol–water partition coefficient (Wildman–Crippen LogP) is 0.528. The molecule has 1 aliphatic heterocycles. The smallest absolute Gasteiger partial charge is 0.251 e. The molecule has 8 nitrogen and oxygen atoms in total. The third-order valence-corrected chi connectivity index (χ3v) is 4.24. The molecule has 3 N–H and O–H groups in total. The fourth-order valence-corrected chi connectivity index (χ4v) is 2.83. The largest absolute Gasteiger partial charge is 0.399 e. The van der Waals surface area contributed by atoms with E-state index in [-0.39, 0.29) is 18.2 Å². The van der Waals surface area contributed by atoms with Gasteiger partial charge in [-0.05, 0) is 24.3 Å². The van der Waals surface area contributed by atoms with Gasteiger partial charge in [0.1, 0.15) is 0 Å². The van der Waals surface area contributed by atoms with Crippen LogP contribution in [-0.4, -0.2) is 59.4 Å². The van der Waals surface area contributed by atoms with E-state index in [2.05, 4.69) is 20.2 Å². The van der Waals surface area contributed by atoms with Crippen molar-refractivity contribution in [2.75, 3.05) is 43.4 Å². The summed E-state index contributed by atoms with van der Waals surface area (Å²) in [7, 11) is 0. The molecule has 0 spiro atoms. The van der Waals surface area contributed by atoms with E-state index in [1.807, 2.05) is 4.90 Å². The normalized spacial score (nSPS) is 14.2. The topological polar surface area (TPSA) is 104 Å². The summed E-state index contributed by atoms with van der Waals surface area (Å²) in [6.07, 6.45) is 3.70. The molecule has 0 atom stereocenters. The quantitative estimate of drug-likeness (QED) is 0.759. The summed E-state index contributed by atoms with van der Waals surface area (Å²) in [5.41, 5.74) is 6.70. The summed E-state index contributed by atoms with van der Waals surface area (Å²) in [5, 5.41) is 2.76. The maximum atomic E-state index is 12.3. The fraction of sp³-hybridized carbons (Fsp3) is 0.333. The molecule has 1 aliphatic rings. The first-order chi connectivity index (χ1) is 12.6. The number of piperazine rings is 1. The SMILES string of the molecule is Nc1cccc(C(=O)NCCC(=O)N2CCN(c3ncccn3)CC2)c1. The molecule has 1 aromatic heterocycles. The van der Waals surface area contributed by atoms with Gasteiger partial charge in [-0.15, -0.1) is 0 Å². The number of rotatable bonds is 5. The first kappa shape index (κ1) is 17.7. The Labute approximate surface area is 152 Å². The zero-order chi connectivity index (χ0) is 18.4. The van der Waals surface area contributed by atoms with Gasteiger partial charge in [0.15, 0.2) is 0 Å². The number of nitrogen functional groups attached to an aromatic ring is 1. The number of carbonyl (C=O) groups excluding carboxylic acids is 2. The van der Waals surface area contributed by atoms with Crippen LogP contribution in [0.2, 0.25) is 0 Å². The summed E-state index contributed by atoms with van der Waals surface area (Å²) in [6, 6.07) is 8.54. The van der Waals surface area contributed by atoms with Gasteiger partial charge in [0.2, 0.25) is 11.9 Å². The number of carbonyl (C=O) groups is 2. The van der Waals surface area contributed by atoms with Crippen molar-refractivity contribution in [2.24, 2.45) is 0 Å². The number of nitrogens with two attached hydrogens (primary N) is 1. The number of amides is 2. The van der Waals surface area contributed by atoms with Crippen LogP contribution in [0, 0.1) is 0 Å². The van der Waals surface area contributed by atoms with Crippen LogP contribution < -0.4 is 16.0 Å². The van der Waals surface area contributed by atoms with E-state index in [1.54, 1.807) is 42.7 Å². The van der Waals surface area contributed by atoms with Crippen LogP contribution in [0.3, 0.4) is 0 Å². The molecule has 8 heteroatoms. The molecule has 2 aromatic rings. The molecule has 0 radical (unpaired) electrons. The number of aromatic nitrogens is 2. The van der Waals surface area contributed by atoms with Gasteiger partial charge < -0.3 is 20.9 Å². The molecule has 0 aliphatic carbocycles. The minimum Gasteiger partial charge on any atom is -0.399 e. The number of benzene rings is 1. The van der Waals surface area contributed by atoms with E-state index < -0.39 is 0 Å². The van der Waals surface area contributed by atoms with Gasteiger partial charge in [-0.1, -0.05) is 6.07 Å². The summed E-state index contributed by atoms with van der Waals surface area (Å²) in [5.74, 6) is 0.497. The zero-order valence-electron chi connectivity index (χ0n) is 14.5. The first-order valence-electron chi connectivity index (χ1n) is 8.57. The lowest BCUT2D eigenvalue weighted by Gasteiger charge is -2.34. The Bertz CT molecular complexity index is 759. The Morgan fingerprint density at radius 1 is 1.08 bits per heavy atom. The van der Waals surface area contributed by atoms with E-state index in [9.17, 15) is 9.59 Å². The minimum absolute atomic E-state index is 0.0338. The Balaban J connectivity index is 1.41. The predicted molar refractivity (Wildman–Crippen MR) is 98.6 cm³/mol. The van der Waals surface area contributed by atoms with Crippen molar-refractivity contribution in [3.63, 3.8) is 0 Å². The average Bonchev–Trinajstić information content (AvgIpc) is 2.68. The van der Waals surface area contributed by atoms with Crippen LogP contribution in [0.1, 0.15) is 16.8 Å². The van der Waals surface area contributed by atoms with Crippen molar-refractivity contribution in [1.82, 2.24) is 20.2 Å². The monoisotopic (exact) mass is 354 g/mol. The Morgan fingerprint density at radius 2 is 1.81 bits per heavy atom. The number of anilines is 2. The Morgan fingerprint density at radius 3 is 2.50 bits per heavy atom. The Hall–Kier alpha value is -3.16. The van der Waals surface area contributed by atoms with Gasteiger partial charge in [-0.25, -0.2) is 9.97 Å². The van der Waals surface area contributed by atoms with Gasteiger partial charge >= 0.3 is 0 Å². The molecule has 26 heavy (non-hydrogen) atoms. The maximum absolute atomic E-state index is 12.3. The summed E-state index contributed by atoms with van der Waals surface area (Å²) in [6.45, 7) is 2.95. The molecule has 2 amide bonds. The molecule has 0 saturated carbocycles. The molecule has 1 fully saturated rings. The van der Waals surface area contributed by atoms with E-state index in [1.165, 1.54) is 0 Å². The number of nitrogens with zero attached hydrogens (tertiary/aromatic N) is 4. The fourth-order valence-electron chi connectivity index (χ4n) is 2.83. The molecular weight excluding hydrogens is 332 g/mol. The lowest BCUT2D eigenvalue weighted by Crippen LogP contribution is -2.49. The second kappa shape index (κ2) is 8.28. The third kappa shape index (κ3) is 4.47. The van der Waals surface area contributed by atoms with Crippen LogP contribution in [0.25, 0.3) is 0 Å². The highest BCUT2D eigenvalue weighted by atomic mass is 16.2. The van der Waals surface area contributed by atoms with E-state index in [0.29, 0.717) is 49.9 Å². The van der Waals surface area contributed by atoms with Crippen molar-refractivity contribution in [3.8, 4) is 0 Å². The lowest BCUT2D eigenvalue weighted by atomic mass is 10.2. The van der Waals surface area contributed by atoms with Crippen LogP contribution in [-0.2, 0) is 4.79 Å². The van der Waals surface area contributed by atoms with Crippen LogP contribution >= 0.6 is 0 Å². The van der Waals surface area contributed by atoms with E-state index in [4.69, 9.17) is 5.73 Å². The summed E-state index contributed by atoms with van der Waals surface area (Å²) in [4.78, 5) is 36.7. The summed E-state index contributed by atoms with van der Waals surface area (Å²) >= 11 is 0. The third-order valence-electron chi connectivity index (χ3n) is 4.24. The van der Waals surface area contributed by atoms with Crippen molar-refractivity contribution >= 4 is 23.5 Å². The highest BCUT2D eigenvalue weighted by Crippen LogP contribution is 2.10. The van der Waals surface area contributed by atoms with Crippen molar-refractivity contribution in [2.45, 2.75) is 6.42 Å².